The zero-order chi connectivity index (χ0) is 13.4. The Morgan fingerprint density at radius 2 is 2.16 bits per heavy atom. The molecule has 1 fully saturated rings. The number of amides is 1. The molecule has 0 bridgehead atoms. The van der Waals surface area contributed by atoms with Crippen LogP contribution < -0.4 is 5.32 Å². The Kier molecular flexibility index (Phi) is 3.66. The van der Waals surface area contributed by atoms with E-state index < -0.39 is 0 Å². The van der Waals surface area contributed by atoms with Crippen LogP contribution in [0.5, 0.6) is 0 Å². The summed E-state index contributed by atoms with van der Waals surface area (Å²) in [6.07, 6.45) is 5.52. The smallest absolute Gasteiger partial charge is 0.224 e. The minimum absolute atomic E-state index is 0.139. The summed E-state index contributed by atoms with van der Waals surface area (Å²) in [5.41, 5.74) is 3.65. The Hall–Kier alpha value is -0.830. The van der Waals surface area contributed by atoms with Gasteiger partial charge in [0, 0.05) is 16.9 Å². The van der Waals surface area contributed by atoms with Gasteiger partial charge >= 0.3 is 0 Å². The number of carbonyl (C=O) groups is 1. The molecular formula is C16H20BrNO. The highest BCUT2D eigenvalue weighted by atomic mass is 79.9. The van der Waals surface area contributed by atoms with Gasteiger partial charge in [0.15, 0.2) is 0 Å². The van der Waals surface area contributed by atoms with Gasteiger partial charge in [-0.05, 0) is 41.9 Å². The zero-order valence-corrected chi connectivity index (χ0v) is 12.9. The van der Waals surface area contributed by atoms with Crippen molar-refractivity contribution in [3.05, 3.63) is 29.3 Å². The number of hydrogen-bond acceptors (Lipinski definition) is 1. The van der Waals surface area contributed by atoms with E-state index in [0.717, 1.165) is 23.9 Å². The second-order valence-corrected chi connectivity index (χ2v) is 6.93. The number of halogens is 1. The topological polar surface area (TPSA) is 29.1 Å². The third kappa shape index (κ3) is 2.58. The van der Waals surface area contributed by atoms with E-state index in [2.05, 4.69) is 46.4 Å². The molecule has 3 unspecified atom stereocenters. The lowest BCUT2D eigenvalue weighted by molar-refractivity contribution is -0.116. The maximum absolute atomic E-state index is 11.4. The van der Waals surface area contributed by atoms with Crippen LogP contribution in [0.4, 0.5) is 5.69 Å². The average molecular weight is 322 g/mol. The predicted molar refractivity (Wildman–Crippen MR) is 81.6 cm³/mol. The molecule has 0 spiro atoms. The summed E-state index contributed by atoms with van der Waals surface area (Å²) in [4.78, 5) is 11.8. The van der Waals surface area contributed by atoms with E-state index in [4.69, 9.17) is 0 Å². The average Bonchev–Trinajstić information content (AvgIpc) is 2.83. The van der Waals surface area contributed by atoms with Gasteiger partial charge in [-0.1, -0.05) is 47.8 Å². The minimum atomic E-state index is 0.139. The van der Waals surface area contributed by atoms with Crippen molar-refractivity contribution in [1.82, 2.24) is 0 Å². The quantitative estimate of drug-likeness (QED) is 0.801. The van der Waals surface area contributed by atoms with Crippen molar-refractivity contribution in [2.24, 2.45) is 11.8 Å². The number of hydrogen-bond donors (Lipinski definition) is 1. The lowest BCUT2D eigenvalue weighted by Crippen LogP contribution is -2.19. The van der Waals surface area contributed by atoms with Gasteiger partial charge in [-0.2, -0.15) is 0 Å². The number of alkyl halides is 1. The van der Waals surface area contributed by atoms with Crippen LogP contribution in [0.15, 0.2) is 18.2 Å². The lowest BCUT2D eigenvalue weighted by atomic mass is 9.89. The summed E-state index contributed by atoms with van der Waals surface area (Å²) >= 11 is 3.91. The van der Waals surface area contributed by atoms with E-state index >= 15 is 0 Å². The molecule has 0 radical (unpaired) electrons. The van der Waals surface area contributed by atoms with Crippen molar-refractivity contribution < 1.29 is 4.79 Å². The normalized spacial score (nSPS) is 27.8. The van der Waals surface area contributed by atoms with Crippen molar-refractivity contribution >= 4 is 27.5 Å². The molecule has 1 N–H and O–H groups in total. The number of fused-ring (bicyclic) bond motifs is 1. The van der Waals surface area contributed by atoms with Crippen molar-refractivity contribution in [3.8, 4) is 0 Å². The molecule has 2 nitrogen and oxygen atoms in total. The molecule has 102 valence electrons. The van der Waals surface area contributed by atoms with Crippen LogP contribution in [-0.2, 0) is 11.2 Å². The van der Waals surface area contributed by atoms with Gasteiger partial charge in [-0.15, -0.1) is 0 Å². The molecule has 3 heteroatoms. The van der Waals surface area contributed by atoms with E-state index in [9.17, 15) is 4.79 Å². The highest BCUT2D eigenvalue weighted by molar-refractivity contribution is 9.09. The second-order valence-electron chi connectivity index (χ2n) is 5.94. The van der Waals surface area contributed by atoms with E-state index in [-0.39, 0.29) is 5.91 Å². The second kappa shape index (κ2) is 5.28. The van der Waals surface area contributed by atoms with Crippen LogP contribution in [0, 0.1) is 11.8 Å². The van der Waals surface area contributed by atoms with Crippen LogP contribution in [0.25, 0.3) is 0 Å². The molecule has 0 aromatic heterocycles. The van der Waals surface area contributed by atoms with E-state index in [1.807, 2.05) is 0 Å². The molecule has 1 heterocycles. The minimum Gasteiger partial charge on any atom is -0.326 e. The van der Waals surface area contributed by atoms with E-state index in [0.29, 0.717) is 11.2 Å². The van der Waals surface area contributed by atoms with Crippen LogP contribution in [-0.4, -0.2) is 5.91 Å². The first-order valence-corrected chi connectivity index (χ1v) is 8.13. The van der Waals surface area contributed by atoms with Gasteiger partial charge in [0.05, 0.1) is 0 Å². The molecule has 19 heavy (non-hydrogen) atoms. The van der Waals surface area contributed by atoms with Crippen LogP contribution in [0.1, 0.15) is 48.6 Å². The molecule has 1 aliphatic heterocycles. The number of benzene rings is 1. The van der Waals surface area contributed by atoms with E-state index in [1.54, 1.807) is 0 Å². The molecule has 1 aromatic carbocycles. The fourth-order valence-corrected chi connectivity index (χ4v) is 4.50. The Labute approximate surface area is 123 Å². The summed E-state index contributed by atoms with van der Waals surface area (Å²) in [6.45, 7) is 2.37. The Morgan fingerprint density at radius 3 is 2.89 bits per heavy atom. The van der Waals surface area contributed by atoms with Gasteiger partial charge in [-0.25, -0.2) is 0 Å². The summed E-state index contributed by atoms with van der Waals surface area (Å²) in [6, 6.07) is 6.50. The van der Waals surface area contributed by atoms with Gasteiger partial charge < -0.3 is 5.32 Å². The zero-order valence-electron chi connectivity index (χ0n) is 11.3. The van der Waals surface area contributed by atoms with Gasteiger partial charge in [0.1, 0.15) is 0 Å². The first-order chi connectivity index (χ1) is 9.15. The molecule has 1 saturated carbocycles. The van der Waals surface area contributed by atoms with Gasteiger partial charge in [-0.3, -0.25) is 4.79 Å². The third-order valence-corrected chi connectivity index (χ3v) is 5.85. The molecule has 0 saturated heterocycles. The van der Waals surface area contributed by atoms with Crippen molar-refractivity contribution in [1.29, 1.82) is 0 Å². The van der Waals surface area contributed by atoms with E-state index in [1.165, 1.54) is 30.4 Å². The fraction of sp³-hybridized carbons (Fsp3) is 0.562. The maximum atomic E-state index is 11.4. The van der Waals surface area contributed by atoms with Gasteiger partial charge in [0.2, 0.25) is 5.91 Å². The standard InChI is InChI=1S/C16H20BrNO/c1-10-3-2-4-13(10)16(17)12-5-7-14-11(9-12)6-8-15(19)18-14/h5,7,9-10,13,16H,2-4,6,8H2,1H3,(H,18,19). The lowest BCUT2D eigenvalue weighted by Gasteiger charge is -2.24. The first kappa shape index (κ1) is 13.2. The van der Waals surface area contributed by atoms with Crippen molar-refractivity contribution in [2.75, 3.05) is 5.32 Å². The molecule has 1 aliphatic carbocycles. The number of nitrogens with one attached hydrogen (secondary N) is 1. The highest BCUT2D eigenvalue weighted by Crippen LogP contribution is 2.45. The number of rotatable bonds is 2. The van der Waals surface area contributed by atoms with Gasteiger partial charge in [0.25, 0.3) is 0 Å². The maximum Gasteiger partial charge on any atom is 0.224 e. The predicted octanol–water partition coefficient (Wildman–Crippen LogP) is 4.44. The summed E-state index contributed by atoms with van der Waals surface area (Å²) in [5.74, 6) is 1.69. The van der Waals surface area contributed by atoms with Crippen LogP contribution in [0.2, 0.25) is 0 Å². The number of aryl methyl sites for hydroxylation is 1. The largest absolute Gasteiger partial charge is 0.326 e. The SMILES string of the molecule is CC1CCCC1C(Br)c1ccc2c(c1)CCC(=O)N2. The molecule has 3 atom stereocenters. The fourth-order valence-electron chi connectivity index (χ4n) is 3.43. The number of carbonyl (C=O) groups excluding carboxylic acids is 1. The molecular weight excluding hydrogens is 302 g/mol. The Bertz CT molecular complexity index is 500. The molecule has 3 rings (SSSR count). The molecule has 1 aromatic rings. The Morgan fingerprint density at radius 1 is 1.32 bits per heavy atom. The Balaban J connectivity index is 1.83. The summed E-state index contributed by atoms with van der Waals surface area (Å²) in [5, 5.41) is 2.95. The molecule has 1 amide bonds. The molecule has 2 aliphatic rings. The highest BCUT2D eigenvalue weighted by Gasteiger charge is 2.30. The van der Waals surface area contributed by atoms with Crippen LogP contribution in [0.3, 0.4) is 0 Å². The monoisotopic (exact) mass is 321 g/mol. The van der Waals surface area contributed by atoms with Crippen molar-refractivity contribution in [3.63, 3.8) is 0 Å². The van der Waals surface area contributed by atoms with Crippen LogP contribution >= 0.6 is 15.9 Å². The summed E-state index contributed by atoms with van der Waals surface area (Å²) in [7, 11) is 0. The third-order valence-electron chi connectivity index (χ3n) is 4.65. The first-order valence-electron chi connectivity index (χ1n) is 7.22. The van der Waals surface area contributed by atoms with Crippen molar-refractivity contribution in [2.45, 2.75) is 43.9 Å². The number of anilines is 1. The summed E-state index contributed by atoms with van der Waals surface area (Å²) < 4.78 is 0.